The quantitative estimate of drug-likeness (QED) is 0.309. The fraction of sp³-hybridized carbons (Fsp3) is 0.333. The molecule has 2 N–H and O–H groups in total. The number of likely N-dealkylation sites (N-methyl/N-ethyl adjacent to an activating group) is 1. The SMILES string of the molecule is CC(NC(=NCc1ccccc1OC(F)F)NCC(=O)N(C)C)c1ccccc1.I. The Morgan fingerprint density at radius 1 is 1.10 bits per heavy atom. The first-order valence-corrected chi connectivity index (χ1v) is 9.19. The predicted molar refractivity (Wildman–Crippen MR) is 124 cm³/mol. The summed E-state index contributed by atoms with van der Waals surface area (Å²) in [6.07, 6.45) is 0. The van der Waals surface area contributed by atoms with Gasteiger partial charge in [0.2, 0.25) is 5.91 Å². The Morgan fingerprint density at radius 3 is 2.37 bits per heavy atom. The maximum Gasteiger partial charge on any atom is 0.387 e. The van der Waals surface area contributed by atoms with Crippen LogP contribution >= 0.6 is 24.0 Å². The van der Waals surface area contributed by atoms with E-state index in [-0.39, 0.29) is 54.8 Å². The van der Waals surface area contributed by atoms with E-state index in [0.717, 1.165) is 5.56 Å². The molecule has 0 saturated heterocycles. The molecule has 0 radical (unpaired) electrons. The summed E-state index contributed by atoms with van der Waals surface area (Å²) in [6, 6.07) is 16.2. The van der Waals surface area contributed by atoms with Crippen molar-refractivity contribution in [2.75, 3.05) is 20.6 Å². The average molecular weight is 532 g/mol. The van der Waals surface area contributed by atoms with E-state index in [1.54, 1.807) is 32.3 Å². The fourth-order valence-corrected chi connectivity index (χ4v) is 2.51. The zero-order valence-electron chi connectivity index (χ0n) is 17.1. The van der Waals surface area contributed by atoms with E-state index in [1.165, 1.54) is 11.0 Å². The Hall–Kier alpha value is -2.43. The van der Waals surface area contributed by atoms with Crippen LogP contribution in [0, 0.1) is 0 Å². The van der Waals surface area contributed by atoms with Crippen LogP contribution in [0.15, 0.2) is 59.6 Å². The van der Waals surface area contributed by atoms with Crippen molar-refractivity contribution in [3.8, 4) is 5.75 Å². The molecule has 0 heterocycles. The van der Waals surface area contributed by atoms with Crippen LogP contribution in [0.4, 0.5) is 8.78 Å². The van der Waals surface area contributed by atoms with Crippen molar-refractivity contribution in [1.29, 1.82) is 0 Å². The van der Waals surface area contributed by atoms with Gasteiger partial charge in [-0.25, -0.2) is 4.99 Å². The molecule has 0 aliphatic rings. The molecule has 0 aliphatic heterocycles. The van der Waals surface area contributed by atoms with Gasteiger partial charge in [-0.05, 0) is 18.6 Å². The topological polar surface area (TPSA) is 66.0 Å². The molecule has 0 bridgehead atoms. The Kier molecular flexibility index (Phi) is 11.1. The molecule has 9 heteroatoms. The number of carbonyl (C=O) groups is 1. The molecule has 2 rings (SSSR count). The number of alkyl halides is 2. The Bertz CT molecular complexity index is 820. The Morgan fingerprint density at radius 2 is 1.73 bits per heavy atom. The zero-order valence-corrected chi connectivity index (χ0v) is 19.5. The molecule has 6 nitrogen and oxygen atoms in total. The molecule has 1 amide bonds. The lowest BCUT2D eigenvalue weighted by Gasteiger charge is -2.20. The number of aliphatic imine (C=N–C) groups is 1. The van der Waals surface area contributed by atoms with Crippen LogP contribution in [0.5, 0.6) is 5.75 Å². The largest absolute Gasteiger partial charge is 0.434 e. The molecule has 1 atom stereocenters. The minimum absolute atomic E-state index is 0. The standard InChI is InChI=1S/C21H26F2N4O2.HI/c1-15(16-9-5-4-6-10-16)26-21(25-14-19(28)27(2)3)24-13-17-11-7-8-12-18(17)29-20(22)23;/h4-12,15,20H,13-14H2,1-3H3,(H2,24,25,26);1H. The number of guanidine groups is 1. The normalized spacial score (nSPS) is 12.0. The summed E-state index contributed by atoms with van der Waals surface area (Å²) in [6.45, 7) is -0.786. The van der Waals surface area contributed by atoms with E-state index in [2.05, 4.69) is 20.4 Å². The van der Waals surface area contributed by atoms with Gasteiger partial charge in [-0.15, -0.1) is 24.0 Å². The molecule has 2 aromatic carbocycles. The maximum atomic E-state index is 12.6. The van der Waals surface area contributed by atoms with Crippen molar-refractivity contribution in [3.05, 3.63) is 65.7 Å². The zero-order chi connectivity index (χ0) is 21.2. The van der Waals surface area contributed by atoms with Gasteiger partial charge in [0.25, 0.3) is 0 Å². The summed E-state index contributed by atoms with van der Waals surface area (Å²) in [5.41, 5.74) is 1.56. The molecule has 0 aliphatic carbocycles. The molecule has 0 saturated carbocycles. The molecule has 2 aromatic rings. The van der Waals surface area contributed by atoms with Crippen LogP contribution in [0.1, 0.15) is 24.1 Å². The van der Waals surface area contributed by atoms with Gasteiger partial charge in [-0.1, -0.05) is 48.5 Å². The van der Waals surface area contributed by atoms with Crippen molar-refractivity contribution in [1.82, 2.24) is 15.5 Å². The van der Waals surface area contributed by atoms with E-state index in [9.17, 15) is 13.6 Å². The number of nitrogens with zero attached hydrogens (tertiary/aromatic N) is 2. The third-order valence-electron chi connectivity index (χ3n) is 4.15. The second kappa shape index (κ2) is 13.0. The third kappa shape index (κ3) is 8.52. The van der Waals surface area contributed by atoms with Gasteiger partial charge in [0.05, 0.1) is 19.1 Å². The van der Waals surface area contributed by atoms with Crippen molar-refractivity contribution in [2.24, 2.45) is 4.99 Å². The second-order valence-corrected chi connectivity index (χ2v) is 6.57. The molecule has 1 unspecified atom stereocenters. The lowest BCUT2D eigenvalue weighted by atomic mass is 10.1. The van der Waals surface area contributed by atoms with Crippen molar-refractivity contribution < 1.29 is 18.3 Å². The average Bonchev–Trinajstić information content (AvgIpc) is 2.70. The molecular formula is C21H27F2IN4O2. The van der Waals surface area contributed by atoms with Gasteiger partial charge in [0.15, 0.2) is 5.96 Å². The van der Waals surface area contributed by atoms with E-state index in [4.69, 9.17) is 0 Å². The molecule has 164 valence electrons. The number of carbonyl (C=O) groups excluding carboxylic acids is 1. The summed E-state index contributed by atoms with van der Waals surface area (Å²) in [7, 11) is 3.33. The highest BCUT2D eigenvalue weighted by Crippen LogP contribution is 2.21. The highest BCUT2D eigenvalue weighted by Gasteiger charge is 2.12. The number of halogens is 3. The number of rotatable bonds is 8. The van der Waals surface area contributed by atoms with Crippen LogP contribution in [-0.2, 0) is 11.3 Å². The van der Waals surface area contributed by atoms with E-state index < -0.39 is 6.61 Å². The minimum atomic E-state index is -2.91. The van der Waals surface area contributed by atoms with Gasteiger partial charge in [0, 0.05) is 19.7 Å². The number of amides is 1. The first-order valence-electron chi connectivity index (χ1n) is 9.19. The molecule has 0 spiro atoms. The van der Waals surface area contributed by atoms with Crippen molar-refractivity contribution in [3.63, 3.8) is 0 Å². The summed E-state index contributed by atoms with van der Waals surface area (Å²) in [5, 5.41) is 6.23. The summed E-state index contributed by atoms with van der Waals surface area (Å²) in [5.74, 6) is 0.350. The summed E-state index contributed by atoms with van der Waals surface area (Å²) < 4.78 is 29.8. The van der Waals surface area contributed by atoms with Crippen LogP contribution in [0.2, 0.25) is 0 Å². The van der Waals surface area contributed by atoms with Gasteiger partial charge in [-0.3, -0.25) is 4.79 Å². The second-order valence-electron chi connectivity index (χ2n) is 6.57. The maximum absolute atomic E-state index is 12.6. The summed E-state index contributed by atoms with van der Waals surface area (Å²) in [4.78, 5) is 17.9. The summed E-state index contributed by atoms with van der Waals surface area (Å²) >= 11 is 0. The van der Waals surface area contributed by atoms with Gasteiger partial charge in [0.1, 0.15) is 5.75 Å². The number of nitrogens with one attached hydrogen (secondary N) is 2. The number of ether oxygens (including phenoxy) is 1. The van der Waals surface area contributed by atoms with Crippen molar-refractivity contribution in [2.45, 2.75) is 26.1 Å². The van der Waals surface area contributed by atoms with Crippen LogP contribution < -0.4 is 15.4 Å². The lowest BCUT2D eigenvalue weighted by molar-refractivity contribution is -0.127. The first kappa shape index (κ1) is 25.6. The van der Waals surface area contributed by atoms with Crippen LogP contribution in [0.25, 0.3) is 0 Å². The van der Waals surface area contributed by atoms with Gasteiger partial charge >= 0.3 is 6.61 Å². The van der Waals surface area contributed by atoms with Gasteiger partial charge in [-0.2, -0.15) is 8.78 Å². The highest BCUT2D eigenvalue weighted by molar-refractivity contribution is 14.0. The molecule has 0 aromatic heterocycles. The molecule has 0 fully saturated rings. The lowest BCUT2D eigenvalue weighted by Crippen LogP contribution is -2.43. The van der Waals surface area contributed by atoms with Gasteiger partial charge < -0.3 is 20.3 Å². The van der Waals surface area contributed by atoms with E-state index in [0.29, 0.717) is 11.5 Å². The monoisotopic (exact) mass is 532 g/mol. The number of hydrogen-bond donors (Lipinski definition) is 2. The number of hydrogen-bond acceptors (Lipinski definition) is 3. The highest BCUT2D eigenvalue weighted by atomic mass is 127. The van der Waals surface area contributed by atoms with Crippen LogP contribution in [0.3, 0.4) is 0 Å². The first-order chi connectivity index (χ1) is 13.9. The van der Waals surface area contributed by atoms with E-state index in [1.807, 2.05) is 37.3 Å². The molecule has 30 heavy (non-hydrogen) atoms. The third-order valence-corrected chi connectivity index (χ3v) is 4.15. The van der Waals surface area contributed by atoms with Crippen LogP contribution in [-0.4, -0.2) is 44.0 Å². The minimum Gasteiger partial charge on any atom is -0.434 e. The fourth-order valence-electron chi connectivity index (χ4n) is 2.51. The molecular weight excluding hydrogens is 505 g/mol. The predicted octanol–water partition coefficient (Wildman–Crippen LogP) is 3.79. The van der Waals surface area contributed by atoms with E-state index >= 15 is 0 Å². The number of para-hydroxylation sites is 1. The Labute approximate surface area is 192 Å². The number of benzene rings is 2. The Balaban J connectivity index is 0.00000450. The smallest absolute Gasteiger partial charge is 0.387 e. The van der Waals surface area contributed by atoms with Crippen molar-refractivity contribution >= 4 is 35.8 Å².